The van der Waals surface area contributed by atoms with Crippen LogP contribution < -0.4 is 5.32 Å². The minimum Gasteiger partial charge on any atom is -0.356 e. The Morgan fingerprint density at radius 2 is 2.00 bits per heavy atom. The van der Waals surface area contributed by atoms with Crippen molar-refractivity contribution in [2.75, 3.05) is 20.6 Å². The molecule has 0 saturated heterocycles. The van der Waals surface area contributed by atoms with Crippen LogP contribution in [0, 0.1) is 5.92 Å². The van der Waals surface area contributed by atoms with Gasteiger partial charge in [-0.15, -0.1) is 0 Å². The average Bonchev–Trinajstić information content (AvgIpc) is 3.01. The zero-order valence-corrected chi connectivity index (χ0v) is 14.7. The summed E-state index contributed by atoms with van der Waals surface area (Å²) in [5.41, 5.74) is 2.07. The molecule has 0 aliphatic heterocycles. The van der Waals surface area contributed by atoms with E-state index in [0.717, 1.165) is 17.6 Å². The normalized spacial score (nSPS) is 21.3. The van der Waals surface area contributed by atoms with Gasteiger partial charge in [0.15, 0.2) is 0 Å². The van der Waals surface area contributed by atoms with Crippen molar-refractivity contribution in [3.63, 3.8) is 0 Å². The van der Waals surface area contributed by atoms with E-state index in [1.54, 1.807) is 0 Å². The molecule has 1 fully saturated rings. The molecular weight excluding hydrogens is 300 g/mol. The lowest BCUT2D eigenvalue weighted by Gasteiger charge is -2.32. The number of hydrogen-bond donors (Lipinski definition) is 1. The van der Waals surface area contributed by atoms with Gasteiger partial charge in [0.1, 0.15) is 0 Å². The molecule has 0 spiro atoms. The molecule has 1 aromatic carbocycles. The van der Waals surface area contributed by atoms with Crippen molar-refractivity contribution in [1.82, 2.24) is 19.8 Å². The lowest BCUT2D eigenvalue weighted by atomic mass is 9.85. The number of fused-ring (bicyclic) bond motifs is 1. The maximum absolute atomic E-state index is 12.1. The summed E-state index contributed by atoms with van der Waals surface area (Å²) in [7, 11) is 4.32. The molecule has 5 heteroatoms. The quantitative estimate of drug-likeness (QED) is 0.887. The van der Waals surface area contributed by atoms with E-state index in [0.29, 0.717) is 24.9 Å². The Balaban J connectivity index is 1.40. The molecule has 24 heavy (non-hydrogen) atoms. The highest BCUT2D eigenvalue weighted by Crippen LogP contribution is 2.25. The molecule has 1 saturated carbocycles. The number of benzene rings is 1. The van der Waals surface area contributed by atoms with Crippen molar-refractivity contribution in [3.05, 3.63) is 30.6 Å². The van der Waals surface area contributed by atoms with Gasteiger partial charge in [-0.1, -0.05) is 12.1 Å². The molecule has 1 amide bonds. The molecule has 1 aromatic heterocycles. The lowest BCUT2D eigenvalue weighted by Crippen LogP contribution is -2.36. The van der Waals surface area contributed by atoms with Crippen LogP contribution in [0.3, 0.4) is 0 Å². The molecule has 3 rings (SSSR count). The van der Waals surface area contributed by atoms with Crippen LogP contribution in [0.15, 0.2) is 30.6 Å². The third-order valence-corrected chi connectivity index (χ3v) is 5.24. The minimum atomic E-state index is 0.141. The van der Waals surface area contributed by atoms with E-state index in [4.69, 9.17) is 0 Å². The van der Waals surface area contributed by atoms with Crippen LogP contribution in [0.5, 0.6) is 0 Å². The summed E-state index contributed by atoms with van der Waals surface area (Å²) in [6.45, 7) is 1.50. The Morgan fingerprint density at radius 1 is 1.25 bits per heavy atom. The van der Waals surface area contributed by atoms with Crippen molar-refractivity contribution >= 4 is 16.9 Å². The highest BCUT2D eigenvalue weighted by Gasteiger charge is 2.22. The Kier molecular flexibility index (Phi) is 5.51. The van der Waals surface area contributed by atoms with Crippen LogP contribution in [0.2, 0.25) is 0 Å². The van der Waals surface area contributed by atoms with Crippen LogP contribution in [-0.2, 0) is 11.3 Å². The standard InChI is InChI=1S/C19H28N4O/c1-22(2)16-9-7-15(8-10-16)13-20-19(24)11-12-23-14-21-17-5-3-4-6-18(17)23/h3-6,14-16H,7-13H2,1-2H3,(H,20,24). The minimum absolute atomic E-state index is 0.141. The molecule has 2 aromatic rings. The van der Waals surface area contributed by atoms with Gasteiger partial charge >= 0.3 is 0 Å². The first-order valence-corrected chi connectivity index (χ1v) is 8.96. The smallest absolute Gasteiger partial charge is 0.221 e. The Labute approximate surface area is 144 Å². The second-order valence-corrected chi connectivity index (χ2v) is 7.12. The fraction of sp³-hybridized carbons (Fsp3) is 0.579. The van der Waals surface area contributed by atoms with E-state index in [9.17, 15) is 4.79 Å². The SMILES string of the molecule is CN(C)C1CCC(CNC(=O)CCn2cnc3ccccc32)CC1. The summed E-state index contributed by atoms with van der Waals surface area (Å²) in [4.78, 5) is 18.8. The Hall–Kier alpha value is -1.88. The number of para-hydroxylation sites is 2. The largest absolute Gasteiger partial charge is 0.356 e. The number of aryl methyl sites for hydroxylation is 1. The molecular formula is C19H28N4O. The molecule has 5 nitrogen and oxygen atoms in total. The molecule has 0 radical (unpaired) electrons. The number of nitrogens with zero attached hydrogens (tertiary/aromatic N) is 3. The Morgan fingerprint density at radius 3 is 2.75 bits per heavy atom. The fourth-order valence-corrected chi connectivity index (χ4v) is 3.62. The summed E-state index contributed by atoms with van der Waals surface area (Å²) in [6.07, 6.45) is 7.25. The summed E-state index contributed by atoms with van der Waals surface area (Å²) in [6, 6.07) is 8.74. The number of hydrogen-bond acceptors (Lipinski definition) is 3. The zero-order chi connectivity index (χ0) is 16.9. The van der Waals surface area contributed by atoms with Crippen molar-refractivity contribution in [2.45, 2.75) is 44.7 Å². The van der Waals surface area contributed by atoms with Crippen LogP contribution in [0.25, 0.3) is 11.0 Å². The number of imidazole rings is 1. The topological polar surface area (TPSA) is 50.2 Å². The average molecular weight is 328 g/mol. The first kappa shape index (κ1) is 17.0. The molecule has 0 atom stereocenters. The number of aromatic nitrogens is 2. The predicted molar refractivity (Wildman–Crippen MR) is 96.8 cm³/mol. The third-order valence-electron chi connectivity index (χ3n) is 5.24. The number of amides is 1. The van der Waals surface area contributed by atoms with Gasteiger partial charge in [0.05, 0.1) is 17.4 Å². The second kappa shape index (κ2) is 7.79. The molecule has 1 aliphatic carbocycles. The van der Waals surface area contributed by atoms with Crippen molar-refractivity contribution < 1.29 is 4.79 Å². The van der Waals surface area contributed by atoms with Crippen LogP contribution in [-0.4, -0.2) is 47.0 Å². The van der Waals surface area contributed by atoms with Gasteiger partial charge in [-0.2, -0.15) is 0 Å². The van der Waals surface area contributed by atoms with Crippen LogP contribution in [0.4, 0.5) is 0 Å². The first-order valence-electron chi connectivity index (χ1n) is 8.96. The van der Waals surface area contributed by atoms with E-state index >= 15 is 0 Å². The maximum Gasteiger partial charge on any atom is 0.221 e. The molecule has 0 unspecified atom stereocenters. The Bertz CT molecular complexity index is 671. The first-order chi connectivity index (χ1) is 11.6. The summed E-state index contributed by atoms with van der Waals surface area (Å²) < 4.78 is 2.05. The zero-order valence-electron chi connectivity index (χ0n) is 14.7. The van der Waals surface area contributed by atoms with Gasteiger partial charge in [0.25, 0.3) is 0 Å². The maximum atomic E-state index is 12.1. The van der Waals surface area contributed by atoms with Gasteiger partial charge in [-0.3, -0.25) is 4.79 Å². The third kappa shape index (κ3) is 4.15. The van der Waals surface area contributed by atoms with E-state index in [2.05, 4.69) is 33.9 Å². The van der Waals surface area contributed by atoms with Gasteiger partial charge in [-0.05, 0) is 57.8 Å². The van der Waals surface area contributed by atoms with Gasteiger partial charge < -0.3 is 14.8 Å². The monoisotopic (exact) mass is 328 g/mol. The molecule has 1 N–H and O–H groups in total. The number of rotatable bonds is 6. The predicted octanol–water partition coefficient (Wildman–Crippen LogP) is 2.66. The highest BCUT2D eigenvalue weighted by atomic mass is 16.1. The van der Waals surface area contributed by atoms with E-state index in [1.807, 2.05) is 30.6 Å². The van der Waals surface area contributed by atoms with Crippen molar-refractivity contribution in [3.8, 4) is 0 Å². The van der Waals surface area contributed by atoms with Crippen molar-refractivity contribution in [2.24, 2.45) is 5.92 Å². The van der Waals surface area contributed by atoms with Crippen LogP contribution >= 0.6 is 0 Å². The molecule has 0 bridgehead atoms. The fourth-order valence-electron chi connectivity index (χ4n) is 3.62. The lowest BCUT2D eigenvalue weighted by molar-refractivity contribution is -0.121. The molecule has 130 valence electrons. The summed E-state index contributed by atoms with van der Waals surface area (Å²) in [5.74, 6) is 0.779. The number of nitrogens with one attached hydrogen (secondary N) is 1. The number of carbonyl (C=O) groups excluding carboxylic acids is 1. The summed E-state index contributed by atoms with van der Waals surface area (Å²) >= 11 is 0. The number of carbonyl (C=O) groups is 1. The van der Waals surface area contributed by atoms with E-state index in [-0.39, 0.29) is 5.91 Å². The van der Waals surface area contributed by atoms with Crippen LogP contribution in [0.1, 0.15) is 32.1 Å². The molecule has 1 heterocycles. The highest BCUT2D eigenvalue weighted by molar-refractivity contribution is 5.77. The van der Waals surface area contributed by atoms with E-state index < -0.39 is 0 Å². The van der Waals surface area contributed by atoms with Gasteiger partial charge in [-0.25, -0.2) is 4.98 Å². The van der Waals surface area contributed by atoms with Gasteiger partial charge in [0.2, 0.25) is 5.91 Å². The second-order valence-electron chi connectivity index (χ2n) is 7.12. The summed E-state index contributed by atoms with van der Waals surface area (Å²) in [5, 5.41) is 3.12. The van der Waals surface area contributed by atoms with Gasteiger partial charge in [0, 0.05) is 25.6 Å². The van der Waals surface area contributed by atoms with E-state index in [1.165, 1.54) is 25.7 Å². The molecule has 1 aliphatic rings. The van der Waals surface area contributed by atoms with Crippen molar-refractivity contribution in [1.29, 1.82) is 0 Å².